The Morgan fingerprint density at radius 3 is 2.64 bits per heavy atom. The zero-order valence-corrected chi connectivity index (χ0v) is 15.2. The van der Waals surface area contributed by atoms with Crippen LogP contribution in [0.2, 0.25) is 0 Å². The van der Waals surface area contributed by atoms with Gasteiger partial charge >= 0.3 is 0 Å². The van der Waals surface area contributed by atoms with Gasteiger partial charge in [0.15, 0.2) is 0 Å². The first-order chi connectivity index (χ1) is 13.8. The third-order valence-corrected chi connectivity index (χ3v) is 4.68. The van der Waals surface area contributed by atoms with Crippen LogP contribution in [-0.4, -0.2) is 16.7 Å². The first-order valence-electron chi connectivity index (χ1n) is 8.99. The Kier molecular flexibility index (Phi) is 4.85. The smallest absolute Gasteiger partial charge is 0.244 e. The lowest BCUT2D eigenvalue weighted by Gasteiger charge is -2.05. The molecule has 0 saturated heterocycles. The van der Waals surface area contributed by atoms with Crippen LogP contribution in [0.4, 0.5) is 0 Å². The second-order valence-corrected chi connectivity index (χ2v) is 6.50. The fourth-order valence-electron chi connectivity index (χ4n) is 3.42. The first kappa shape index (κ1) is 17.5. The molecule has 0 atom stereocenters. The predicted octanol–water partition coefficient (Wildman–Crippen LogP) is 4.01. The molecule has 1 amide bonds. The molecule has 0 fully saturated rings. The number of hydrogen-bond acceptors (Lipinski definition) is 3. The van der Waals surface area contributed by atoms with E-state index in [9.17, 15) is 4.79 Å². The van der Waals surface area contributed by atoms with Crippen LogP contribution in [0.1, 0.15) is 11.1 Å². The van der Waals surface area contributed by atoms with E-state index in [1.165, 1.54) is 0 Å². The van der Waals surface area contributed by atoms with E-state index in [1.807, 2.05) is 77.5 Å². The molecule has 3 aromatic carbocycles. The van der Waals surface area contributed by atoms with Crippen LogP contribution in [0.5, 0.6) is 0 Å². The molecule has 1 aromatic heterocycles. The zero-order valence-electron chi connectivity index (χ0n) is 15.2. The zero-order chi connectivity index (χ0) is 19.3. The highest BCUT2D eigenvalue weighted by molar-refractivity contribution is 6.00. The highest BCUT2D eigenvalue weighted by Gasteiger charge is 2.08. The maximum absolute atomic E-state index is 12.3. The molecule has 5 nitrogen and oxygen atoms in total. The number of fused-ring (bicyclic) bond motifs is 2. The molecular formula is C23H18N4O. The van der Waals surface area contributed by atoms with E-state index in [0.29, 0.717) is 0 Å². The van der Waals surface area contributed by atoms with E-state index < -0.39 is 0 Å². The van der Waals surface area contributed by atoms with Crippen LogP contribution in [0.25, 0.3) is 21.7 Å². The van der Waals surface area contributed by atoms with Gasteiger partial charge in [0.25, 0.3) is 0 Å². The van der Waals surface area contributed by atoms with Gasteiger partial charge in [0.2, 0.25) is 5.91 Å². The molecule has 136 valence electrons. The Labute approximate surface area is 162 Å². The van der Waals surface area contributed by atoms with Crippen molar-refractivity contribution in [2.75, 3.05) is 0 Å². The molecular weight excluding hydrogens is 348 g/mol. The van der Waals surface area contributed by atoms with Crippen LogP contribution in [0, 0.1) is 11.3 Å². The number of nitriles is 1. The summed E-state index contributed by atoms with van der Waals surface area (Å²) >= 11 is 0. The summed E-state index contributed by atoms with van der Waals surface area (Å²) in [6.45, 7) is 0.266. The highest BCUT2D eigenvalue weighted by atomic mass is 16.2. The average molecular weight is 366 g/mol. The van der Waals surface area contributed by atoms with Crippen LogP contribution in [0.15, 0.2) is 78.0 Å². The summed E-state index contributed by atoms with van der Waals surface area (Å²) in [4.78, 5) is 12.3. The second-order valence-electron chi connectivity index (χ2n) is 6.50. The summed E-state index contributed by atoms with van der Waals surface area (Å²) in [5.41, 5.74) is 5.40. The van der Waals surface area contributed by atoms with Crippen molar-refractivity contribution in [1.82, 2.24) is 9.99 Å². The van der Waals surface area contributed by atoms with Gasteiger partial charge in [-0.3, -0.25) is 4.79 Å². The number of hydrazone groups is 1. The lowest BCUT2D eigenvalue weighted by atomic mass is 10.0. The molecule has 0 aliphatic carbocycles. The number of aromatic nitrogens is 1. The number of nitrogens with one attached hydrogen (secondary N) is 1. The molecule has 0 saturated carbocycles. The average Bonchev–Trinajstić information content (AvgIpc) is 3.06. The fraction of sp³-hybridized carbons (Fsp3) is 0.0870. The Morgan fingerprint density at radius 2 is 1.79 bits per heavy atom. The maximum Gasteiger partial charge on any atom is 0.244 e. The molecule has 0 aliphatic rings. The number of rotatable bonds is 5. The van der Waals surface area contributed by atoms with Crippen molar-refractivity contribution in [3.63, 3.8) is 0 Å². The van der Waals surface area contributed by atoms with E-state index in [4.69, 9.17) is 5.26 Å². The van der Waals surface area contributed by atoms with Gasteiger partial charge in [0.1, 0.15) is 6.54 Å². The molecule has 1 N–H and O–H groups in total. The van der Waals surface area contributed by atoms with Gasteiger partial charge in [0.05, 0.1) is 18.7 Å². The van der Waals surface area contributed by atoms with Crippen molar-refractivity contribution < 1.29 is 4.79 Å². The standard InChI is InChI=1S/C23H18N4O/c24-12-13-27-16-19(21-10-3-4-11-22(21)27)15-25-26-23(28)14-18-8-5-7-17-6-1-2-9-20(17)18/h1-11,15-16H,13-14H2,(H,26,28). The van der Waals surface area contributed by atoms with E-state index in [2.05, 4.69) is 16.6 Å². The van der Waals surface area contributed by atoms with Crippen LogP contribution in [-0.2, 0) is 17.8 Å². The molecule has 1 heterocycles. The van der Waals surface area contributed by atoms with Crippen LogP contribution >= 0.6 is 0 Å². The minimum Gasteiger partial charge on any atom is -0.333 e. The molecule has 0 spiro atoms. The van der Waals surface area contributed by atoms with Crippen molar-refractivity contribution in [2.24, 2.45) is 5.10 Å². The lowest BCUT2D eigenvalue weighted by Crippen LogP contribution is -2.19. The van der Waals surface area contributed by atoms with E-state index in [0.717, 1.165) is 32.8 Å². The summed E-state index contributed by atoms with van der Waals surface area (Å²) in [7, 11) is 0. The topological polar surface area (TPSA) is 70.2 Å². The van der Waals surface area contributed by atoms with Crippen molar-refractivity contribution in [3.8, 4) is 6.07 Å². The summed E-state index contributed by atoms with van der Waals surface area (Å²) in [5.74, 6) is -0.173. The summed E-state index contributed by atoms with van der Waals surface area (Å²) in [5, 5.41) is 16.3. The second kappa shape index (κ2) is 7.77. The molecule has 4 aromatic rings. The Balaban J connectivity index is 1.50. The Hall–Kier alpha value is -3.91. The number of nitrogens with zero attached hydrogens (tertiary/aromatic N) is 3. The van der Waals surface area contributed by atoms with E-state index in [1.54, 1.807) is 6.21 Å². The van der Waals surface area contributed by atoms with Crippen molar-refractivity contribution in [2.45, 2.75) is 13.0 Å². The van der Waals surface area contributed by atoms with Gasteiger partial charge in [-0.2, -0.15) is 10.4 Å². The summed E-state index contributed by atoms with van der Waals surface area (Å²) in [6.07, 6.45) is 3.75. The van der Waals surface area contributed by atoms with Crippen LogP contribution in [0.3, 0.4) is 0 Å². The number of carbonyl (C=O) groups excluding carboxylic acids is 1. The third-order valence-electron chi connectivity index (χ3n) is 4.68. The predicted molar refractivity (Wildman–Crippen MR) is 111 cm³/mol. The molecule has 4 rings (SSSR count). The number of para-hydroxylation sites is 1. The molecule has 0 aliphatic heterocycles. The van der Waals surface area contributed by atoms with Gasteiger partial charge in [-0.15, -0.1) is 0 Å². The van der Waals surface area contributed by atoms with Gasteiger partial charge < -0.3 is 4.57 Å². The quantitative estimate of drug-likeness (QED) is 0.428. The van der Waals surface area contributed by atoms with Gasteiger partial charge in [-0.05, 0) is 22.4 Å². The monoisotopic (exact) mass is 366 g/mol. The van der Waals surface area contributed by atoms with Gasteiger partial charge in [0, 0.05) is 22.7 Å². The number of amides is 1. The Bertz CT molecular complexity index is 1230. The van der Waals surface area contributed by atoms with Gasteiger partial charge in [-0.1, -0.05) is 60.7 Å². The molecule has 0 radical (unpaired) electrons. The normalized spacial score (nSPS) is 11.1. The Morgan fingerprint density at radius 1 is 1.04 bits per heavy atom. The SMILES string of the molecule is N#CCn1cc(C=NNC(=O)Cc2cccc3ccccc23)c2ccccc21. The van der Waals surface area contributed by atoms with Crippen molar-refractivity contribution in [3.05, 3.63) is 84.1 Å². The van der Waals surface area contributed by atoms with E-state index >= 15 is 0 Å². The first-order valence-corrected chi connectivity index (χ1v) is 8.99. The van der Waals surface area contributed by atoms with Crippen LogP contribution < -0.4 is 5.43 Å². The summed E-state index contributed by atoms with van der Waals surface area (Å²) in [6, 6.07) is 23.9. The lowest BCUT2D eigenvalue weighted by molar-refractivity contribution is -0.120. The molecule has 0 unspecified atom stereocenters. The van der Waals surface area contributed by atoms with Gasteiger partial charge in [-0.25, -0.2) is 5.43 Å². The molecule has 28 heavy (non-hydrogen) atoms. The largest absolute Gasteiger partial charge is 0.333 e. The summed E-state index contributed by atoms with van der Waals surface area (Å²) < 4.78 is 1.87. The maximum atomic E-state index is 12.3. The molecule has 5 heteroatoms. The third kappa shape index (κ3) is 3.49. The van der Waals surface area contributed by atoms with E-state index in [-0.39, 0.29) is 18.9 Å². The van der Waals surface area contributed by atoms with Crippen molar-refractivity contribution in [1.29, 1.82) is 5.26 Å². The number of benzene rings is 3. The number of carbonyl (C=O) groups is 1. The minimum atomic E-state index is -0.173. The van der Waals surface area contributed by atoms with Crippen molar-refractivity contribution >= 4 is 33.8 Å². The number of hydrogen-bond donors (Lipinski definition) is 1. The fourth-order valence-corrected chi connectivity index (χ4v) is 3.42. The molecule has 0 bridgehead atoms. The minimum absolute atomic E-state index is 0.173. The highest BCUT2D eigenvalue weighted by Crippen LogP contribution is 2.20.